The molecule has 0 unspecified atom stereocenters. The van der Waals surface area contributed by atoms with Crippen LogP contribution in [0.3, 0.4) is 0 Å². The van der Waals surface area contributed by atoms with E-state index in [0.29, 0.717) is 0 Å². The summed E-state index contributed by atoms with van der Waals surface area (Å²) in [7, 11) is 0. The molecule has 90 valence electrons. The largest absolute Gasteiger partial charge is 0.481 e. The van der Waals surface area contributed by atoms with Crippen molar-refractivity contribution in [2.75, 3.05) is 0 Å². The minimum Gasteiger partial charge on any atom is -0.481 e. The number of carboxylic acids is 1. The van der Waals surface area contributed by atoms with E-state index in [1.54, 1.807) is 0 Å². The molecule has 0 radical (unpaired) electrons. The lowest BCUT2D eigenvalue weighted by Crippen LogP contribution is -2.26. The molecule has 0 amide bonds. The molecule has 2 atom stereocenters. The summed E-state index contributed by atoms with van der Waals surface area (Å²) in [6.07, 6.45) is 2.60. The van der Waals surface area contributed by atoms with E-state index < -0.39 is 5.97 Å². The standard InChI is InChI=1S/C16H14O2/c17-16(18)12-7-6-10-5-4-9-2-1-3-11-8-13(12)15(10)14(9)11/h1-5,12-13H,6-8H2,(H,17,18)/t12-,13-/m0/s1. The lowest BCUT2D eigenvalue weighted by molar-refractivity contribution is -0.143. The molecule has 0 fully saturated rings. The van der Waals surface area contributed by atoms with E-state index in [4.69, 9.17) is 0 Å². The Morgan fingerprint density at radius 1 is 1.17 bits per heavy atom. The maximum absolute atomic E-state index is 11.4. The van der Waals surface area contributed by atoms with Gasteiger partial charge in [0.05, 0.1) is 5.92 Å². The van der Waals surface area contributed by atoms with E-state index in [-0.39, 0.29) is 11.8 Å². The quantitative estimate of drug-likeness (QED) is 0.828. The Kier molecular flexibility index (Phi) is 1.88. The van der Waals surface area contributed by atoms with E-state index >= 15 is 0 Å². The van der Waals surface area contributed by atoms with Crippen molar-refractivity contribution in [3.05, 3.63) is 47.0 Å². The van der Waals surface area contributed by atoms with Gasteiger partial charge in [-0.25, -0.2) is 0 Å². The third kappa shape index (κ3) is 1.15. The summed E-state index contributed by atoms with van der Waals surface area (Å²) in [6, 6.07) is 10.7. The van der Waals surface area contributed by atoms with Gasteiger partial charge in [-0.1, -0.05) is 30.3 Å². The van der Waals surface area contributed by atoms with Crippen LogP contribution in [0.5, 0.6) is 0 Å². The Bertz CT molecular complexity index is 672. The van der Waals surface area contributed by atoms with Crippen LogP contribution in [0.1, 0.15) is 29.0 Å². The average Bonchev–Trinajstić information content (AvgIpc) is 2.76. The van der Waals surface area contributed by atoms with E-state index in [0.717, 1.165) is 19.3 Å². The van der Waals surface area contributed by atoms with Gasteiger partial charge in [-0.05, 0) is 46.7 Å². The zero-order valence-corrected chi connectivity index (χ0v) is 10.0. The molecule has 0 heterocycles. The number of aliphatic carboxylic acids is 1. The minimum atomic E-state index is -0.629. The Hall–Kier alpha value is -1.83. The molecule has 4 rings (SSSR count). The van der Waals surface area contributed by atoms with Crippen LogP contribution in [0.15, 0.2) is 30.3 Å². The highest BCUT2D eigenvalue weighted by Crippen LogP contribution is 2.48. The highest BCUT2D eigenvalue weighted by atomic mass is 16.4. The molecule has 0 saturated carbocycles. The van der Waals surface area contributed by atoms with Crippen LogP contribution in [-0.2, 0) is 17.6 Å². The van der Waals surface area contributed by atoms with Gasteiger partial charge in [0.1, 0.15) is 0 Å². The SMILES string of the molecule is O=C(O)[C@H]1CCc2ccc3cccc4c3c2[C@H]1C4. The summed E-state index contributed by atoms with van der Waals surface area (Å²) in [6.45, 7) is 0. The molecule has 2 aromatic rings. The van der Waals surface area contributed by atoms with Gasteiger partial charge in [0.2, 0.25) is 0 Å². The molecule has 2 heteroatoms. The van der Waals surface area contributed by atoms with Gasteiger partial charge < -0.3 is 5.11 Å². The average molecular weight is 238 g/mol. The summed E-state index contributed by atoms with van der Waals surface area (Å²) < 4.78 is 0. The minimum absolute atomic E-state index is 0.199. The van der Waals surface area contributed by atoms with Gasteiger partial charge in [0.25, 0.3) is 0 Å². The van der Waals surface area contributed by atoms with E-state index in [1.165, 1.54) is 27.5 Å². The van der Waals surface area contributed by atoms with Crippen LogP contribution < -0.4 is 0 Å². The van der Waals surface area contributed by atoms with Crippen molar-refractivity contribution in [2.45, 2.75) is 25.2 Å². The van der Waals surface area contributed by atoms with Crippen molar-refractivity contribution in [1.29, 1.82) is 0 Å². The summed E-state index contributed by atoms with van der Waals surface area (Å²) in [5.41, 5.74) is 4.04. The maximum Gasteiger partial charge on any atom is 0.307 e. The molecule has 2 aromatic carbocycles. The fraction of sp³-hybridized carbons (Fsp3) is 0.312. The van der Waals surface area contributed by atoms with Crippen LogP contribution in [-0.4, -0.2) is 11.1 Å². The van der Waals surface area contributed by atoms with Crippen LogP contribution in [0, 0.1) is 5.92 Å². The number of rotatable bonds is 1. The van der Waals surface area contributed by atoms with Gasteiger partial charge in [-0.15, -0.1) is 0 Å². The Balaban J connectivity index is 2.03. The summed E-state index contributed by atoms with van der Waals surface area (Å²) in [5.74, 6) is -0.627. The van der Waals surface area contributed by atoms with Crippen LogP contribution in [0.2, 0.25) is 0 Å². The molecular weight excluding hydrogens is 224 g/mol. The number of aryl methyl sites for hydroxylation is 1. The second-order valence-corrected chi connectivity index (χ2v) is 5.45. The molecule has 0 aliphatic heterocycles. The van der Waals surface area contributed by atoms with Crippen LogP contribution in [0.4, 0.5) is 0 Å². The molecule has 2 aliphatic carbocycles. The molecule has 18 heavy (non-hydrogen) atoms. The molecule has 2 aliphatic rings. The number of hydrogen-bond donors (Lipinski definition) is 1. The highest BCUT2D eigenvalue weighted by molar-refractivity contribution is 5.93. The molecular formula is C16H14O2. The third-order valence-corrected chi connectivity index (χ3v) is 4.60. The summed E-state index contributed by atoms with van der Waals surface area (Å²) in [4.78, 5) is 11.4. The molecule has 2 nitrogen and oxygen atoms in total. The zero-order chi connectivity index (χ0) is 12.3. The summed E-state index contributed by atoms with van der Waals surface area (Å²) >= 11 is 0. The van der Waals surface area contributed by atoms with E-state index in [9.17, 15) is 9.90 Å². The van der Waals surface area contributed by atoms with E-state index in [2.05, 4.69) is 30.3 Å². The van der Waals surface area contributed by atoms with Crippen LogP contribution >= 0.6 is 0 Å². The summed E-state index contributed by atoms with van der Waals surface area (Å²) in [5, 5.41) is 12.0. The fourth-order valence-corrected chi connectivity index (χ4v) is 3.83. The fourth-order valence-electron chi connectivity index (χ4n) is 3.83. The van der Waals surface area contributed by atoms with Gasteiger partial charge in [-0.3, -0.25) is 4.79 Å². The third-order valence-electron chi connectivity index (χ3n) is 4.60. The zero-order valence-electron chi connectivity index (χ0n) is 10.0. The normalized spacial score (nSPS) is 24.4. The van der Waals surface area contributed by atoms with Crippen LogP contribution in [0.25, 0.3) is 10.8 Å². The number of carboxylic acid groups (broad SMARTS) is 1. The van der Waals surface area contributed by atoms with Crippen molar-refractivity contribution >= 4 is 16.7 Å². The van der Waals surface area contributed by atoms with Gasteiger partial charge in [-0.2, -0.15) is 0 Å². The Morgan fingerprint density at radius 3 is 2.89 bits per heavy atom. The molecule has 1 N–H and O–H groups in total. The molecule has 0 bridgehead atoms. The Labute approximate surface area is 105 Å². The van der Waals surface area contributed by atoms with Crippen molar-refractivity contribution < 1.29 is 9.90 Å². The van der Waals surface area contributed by atoms with Crippen molar-refractivity contribution in [3.63, 3.8) is 0 Å². The maximum atomic E-state index is 11.4. The predicted molar refractivity (Wildman–Crippen MR) is 69.8 cm³/mol. The first-order chi connectivity index (χ1) is 8.75. The monoisotopic (exact) mass is 238 g/mol. The first kappa shape index (κ1) is 10.1. The van der Waals surface area contributed by atoms with Gasteiger partial charge >= 0.3 is 5.97 Å². The predicted octanol–water partition coefficient (Wildman–Crippen LogP) is 3.13. The van der Waals surface area contributed by atoms with Crippen molar-refractivity contribution in [3.8, 4) is 0 Å². The lowest BCUT2D eigenvalue weighted by Gasteiger charge is -2.28. The highest BCUT2D eigenvalue weighted by Gasteiger charge is 2.39. The van der Waals surface area contributed by atoms with Crippen molar-refractivity contribution in [1.82, 2.24) is 0 Å². The second-order valence-electron chi connectivity index (χ2n) is 5.45. The van der Waals surface area contributed by atoms with Crippen molar-refractivity contribution in [2.24, 2.45) is 5.92 Å². The smallest absolute Gasteiger partial charge is 0.307 e. The van der Waals surface area contributed by atoms with E-state index in [1.807, 2.05) is 0 Å². The Morgan fingerprint density at radius 2 is 2.06 bits per heavy atom. The first-order valence-corrected chi connectivity index (χ1v) is 6.52. The number of benzene rings is 2. The van der Waals surface area contributed by atoms with Gasteiger partial charge in [0.15, 0.2) is 0 Å². The number of carbonyl (C=O) groups is 1. The topological polar surface area (TPSA) is 37.3 Å². The molecule has 0 saturated heterocycles. The first-order valence-electron chi connectivity index (χ1n) is 6.52. The molecule has 0 spiro atoms. The lowest BCUT2D eigenvalue weighted by atomic mass is 9.75. The second kappa shape index (κ2) is 3.35. The number of hydrogen-bond acceptors (Lipinski definition) is 1. The molecule has 0 aromatic heterocycles. The van der Waals surface area contributed by atoms with Gasteiger partial charge in [0, 0.05) is 5.92 Å².